The van der Waals surface area contributed by atoms with E-state index in [0.29, 0.717) is 0 Å². The van der Waals surface area contributed by atoms with Crippen molar-refractivity contribution in [3.05, 3.63) is 24.3 Å². The van der Waals surface area contributed by atoms with Gasteiger partial charge in [-0.2, -0.15) is 0 Å². The Morgan fingerprint density at radius 2 is 1.45 bits per heavy atom. The van der Waals surface area contributed by atoms with E-state index >= 15 is 0 Å². The van der Waals surface area contributed by atoms with Gasteiger partial charge in [-0.3, -0.25) is 0 Å². The van der Waals surface area contributed by atoms with Crippen LogP contribution in [0.5, 0.6) is 0 Å². The summed E-state index contributed by atoms with van der Waals surface area (Å²) in [5.41, 5.74) is 2.55. The van der Waals surface area contributed by atoms with Gasteiger partial charge in [-0.25, -0.2) is 0 Å². The largest absolute Gasteiger partial charge is 0.400 e. The van der Waals surface area contributed by atoms with Crippen LogP contribution in [0.3, 0.4) is 0 Å². The fourth-order valence-corrected chi connectivity index (χ4v) is 1.44. The highest BCUT2D eigenvalue weighted by molar-refractivity contribution is 6.50. The molecular formula is C8H10BN2. The van der Waals surface area contributed by atoms with Gasteiger partial charge in [0.2, 0.25) is 0 Å². The Balaban J connectivity index is 2.52. The maximum Gasteiger partial charge on any atom is 0.391 e. The van der Waals surface area contributed by atoms with Crippen LogP contribution in [0.15, 0.2) is 24.3 Å². The second-order valence-corrected chi connectivity index (χ2v) is 2.83. The summed E-state index contributed by atoms with van der Waals surface area (Å²) in [7, 11) is 6.19. The van der Waals surface area contributed by atoms with Crippen molar-refractivity contribution >= 4 is 18.9 Å². The minimum absolute atomic E-state index is 1.27. The zero-order chi connectivity index (χ0) is 7.84. The highest BCUT2D eigenvalue weighted by atomic mass is 15.2. The molecule has 1 aromatic carbocycles. The third kappa shape index (κ3) is 0.879. The highest BCUT2D eigenvalue weighted by Crippen LogP contribution is 2.31. The van der Waals surface area contributed by atoms with Crippen molar-refractivity contribution in [3.63, 3.8) is 0 Å². The Labute approximate surface area is 67.7 Å². The fraction of sp³-hybridized carbons (Fsp3) is 0.250. The zero-order valence-electron chi connectivity index (χ0n) is 6.78. The van der Waals surface area contributed by atoms with E-state index in [2.05, 4.69) is 55.5 Å². The Kier molecular flexibility index (Phi) is 1.31. The maximum atomic E-state index is 2.12. The molecule has 1 aromatic rings. The average molecular weight is 145 g/mol. The monoisotopic (exact) mass is 145 g/mol. The molecule has 0 saturated heterocycles. The summed E-state index contributed by atoms with van der Waals surface area (Å²) in [4.78, 5) is 4.24. The molecule has 0 unspecified atom stereocenters. The minimum atomic E-state index is 1.27. The van der Waals surface area contributed by atoms with E-state index in [1.54, 1.807) is 0 Å². The van der Waals surface area contributed by atoms with Crippen LogP contribution in [-0.4, -0.2) is 21.6 Å². The van der Waals surface area contributed by atoms with Crippen molar-refractivity contribution in [2.75, 3.05) is 23.7 Å². The van der Waals surface area contributed by atoms with Gasteiger partial charge in [0.25, 0.3) is 0 Å². The molecule has 1 aliphatic rings. The summed E-state index contributed by atoms with van der Waals surface area (Å²) in [5, 5.41) is 0. The Hall–Kier alpha value is -1.12. The molecule has 3 heteroatoms. The molecule has 0 atom stereocenters. The van der Waals surface area contributed by atoms with Gasteiger partial charge in [-0.1, -0.05) is 12.1 Å². The van der Waals surface area contributed by atoms with Crippen LogP contribution >= 0.6 is 0 Å². The van der Waals surface area contributed by atoms with Crippen LogP contribution in [0.2, 0.25) is 0 Å². The number of benzene rings is 1. The normalized spacial score (nSPS) is 14.7. The van der Waals surface area contributed by atoms with Crippen LogP contribution < -0.4 is 9.62 Å². The lowest BCUT2D eigenvalue weighted by Gasteiger charge is -2.08. The standard InChI is InChI=1S/C8H10BN2/c1-10-7-5-3-4-6-8(7)11(2)9-10/h3-6H,1-2H3. The topological polar surface area (TPSA) is 6.48 Å². The molecule has 2 rings (SSSR count). The lowest BCUT2D eigenvalue weighted by Crippen LogP contribution is -2.28. The van der Waals surface area contributed by atoms with Gasteiger partial charge in [0.15, 0.2) is 0 Å². The number of para-hydroxylation sites is 2. The van der Waals surface area contributed by atoms with E-state index < -0.39 is 0 Å². The van der Waals surface area contributed by atoms with Crippen molar-refractivity contribution in [1.29, 1.82) is 0 Å². The molecule has 11 heavy (non-hydrogen) atoms. The molecule has 0 aromatic heterocycles. The lowest BCUT2D eigenvalue weighted by molar-refractivity contribution is 1.34. The third-order valence-corrected chi connectivity index (χ3v) is 1.99. The molecule has 0 fully saturated rings. The number of fused-ring (bicyclic) bond motifs is 1. The van der Waals surface area contributed by atoms with Gasteiger partial charge < -0.3 is 9.62 Å². The van der Waals surface area contributed by atoms with Crippen LogP contribution in [0.25, 0.3) is 0 Å². The Morgan fingerprint density at radius 3 is 1.91 bits per heavy atom. The van der Waals surface area contributed by atoms with Crippen molar-refractivity contribution in [2.45, 2.75) is 0 Å². The number of nitrogens with zero attached hydrogens (tertiary/aromatic N) is 2. The molecule has 55 valence electrons. The van der Waals surface area contributed by atoms with Crippen LogP contribution in [0.1, 0.15) is 0 Å². The molecule has 0 aliphatic carbocycles. The highest BCUT2D eigenvalue weighted by Gasteiger charge is 2.21. The van der Waals surface area contributed by atoms with E-state index in [1.807, 2.05) is 0 Å². The van der Waals surface area contributed by atoms with Crippen molar-refractivity contribution in [1.82, 2.24) is 0 Å². The van der Waals surface area contributed by atoms with Crippen LogP contribution in [0.4, 0.5) is 11.4 Å². The van der Waals surface area contributed by atoms with Gasteiger partial charge in [0.1, 0.15) is 0 Å². The van der Waals surface area contributed by atoms with E-state index in [1.165, 1.54) is 11.4 Å². The first-order valence-corrected chi connectivity index (χ1v) is 3.69. The van der Waals surface area contributed by atoms with Crippen LogP contribution in [-0.2, 0) is 0 Å². The second kappa shape index (κ2) is 2.19. The van der Waals surface area contributed by atoms with Gasteiger partial charge in [-0.05, 0) is 26.2 Å². The van der Waals surface area contributed by atoms with Crippen molar-refractivity contribution in [3.8, 4) is 0 Å². The summed E-state index contributed by atoms with van der Waals surface area (Å²) < 4.78 is 0. The first kappa shape index (κ1) is 6.59. The summed E-state index contributed by atoms with van der Waals surface area (Å²) in [6.45, 7) is 0. The molecule has 1 aliphatic heterocycles. The summed E-state index contributed by atoms with van der Waals surface area (Å²) in [5.74, 6) is 0. The molecule has 0 bridgehead atoms. The number of hydrogen-bond donors (Lipinski definition) is 0. The first-order chi connectivity index (χ1) is 5.29. The molecule has 1 radical (unpaired) electrons. The average Bonchev–Trinajstić information content (AvgIpc) is 2.30. The molecule has 0 spiro atoms. The summed E-state index contributed by atoms with van der Waals surface area (Å²) >= 11 is 0. The first-order valence-electron chi connectivity index (χ1n) is 3.69. The third-order valence-electron chi connectivity index (χ3n) is 1.99. The van der Waals surface area contributed by atoms with E-state index in [9.17, 15) is 0 Å². The van der Waals surface area contributed by atoms with Gasteiger partial charge >= 0.3 is 7.55 Å². The fourth-order valence-electron chi connectivity index (χ4n) is 1.44. The predicted octanol–water partition coefficient (Wildman–Crippen LogP) is 1.11. The Morgan fingerprint density at radius 1 is 1.00 bits per heavy atom. The van der Waals surface area contributed by atoms with E-state index in [0.717, 1.165) is 0 Å². The molecule has 0 amide bonds. The smallest absolute Gasteiger partial charge is 0.391 e. The maximum absolute atomic E-state index is 2.12. The molecule has 0 saturated carbocycles. The zero-order valence-corrected chi connectivity index (χ0v) is 6.78. The summed E-state index contributed by atoms with van der Waals surface area (Å²) in [6.07, 6.45) is 0. The van der Waals surface area contributed by atoms with E-state index in [4.69, 9.17) is 0 Å². The van der Waals surface area contributed by atoms with Crippen molar-refractivity contribution < 1.29 is 0 Å². The summed E-state index contributed by atoms with van der Waals surface area (Å²) in [6, 6.07) is 8.36. The van der Waals surface area contributed by atoms with Crippen LogP contribution in [0, 0.1) is 0 Å². The lowest BCUT2D eigenvalue weighted by atomic mass is 10.1. The number of hydrogen-bond acceptors (Lipinski definition) is 2. The molecule has 2 nitrogen and oxygen atoms in total. The number of anilines is 2. The molecule has 1 heterocycles. The predicted molar refractivity (Wildman–Crippen MR) is 49.0 cm³/mol. The van der Waals surface area contributed by atoms with Gasteiger partial charge in [0, 0.05) is 11.4 Å². The Bertz CT molecular complexity index is 248. The second-order valence-electron chi connectivity index (χ2n) is 2.83. The number of rotatable bonds is 0. The van der Waals surface area contributed by atoms with Gasteiger partial charge in [-0.15, -0.1) is 0 Å². The van der Waals surface area contributed by atoms with Gasteiger partial charge in [0.05, 0.1) is 0 Å². The molecular weight excluding hydrogens is 135 g/mol. The molecule has 0 N–H and O–H groups in total. The quantitative estimate of drug-likeness (QED) is 0.504. The van der Waals surface area contributed by atoms with E-state index in [-0.39, 0.29) is 0 Å². The van der Waals surface area contributed by atoms with Crippen molar-refractivity contribution in [2.24, 2.45) is 0 Å². The SMILES string of the molecule is CN1[B]N(C)c2ccccc21. The minimum Gasteiger partial charge on any atom is -0.400 e.